The maximum atomic E-state index is 12.5. The summed E-state index contributed by atoms with van der Waals surface area (Å²) in [6, 6.07) is 22.2. The number of anilines is 2. The number of carbonyl (C=O) groups excluding carboxylic acids is 1. The second kappa shape index (κ2) is 9.98. The van der Waals surface area contributed by atoms with Gasteiger partial charge in [0.1, 0.15) is 11.4 Å². The van der Waals surface area contributed by atoms with Gasteiger partial charge in [0.25, 0.3) is 5.91 Å². The van der Waals surface area contributed by atoms with Crippen molar-refractivity contribution in [1.29, 1.82) is 0 Å². The van der Waals surface area contributed by atoms with Gasteiger partial charge in [0.15, 0.2) is 0 Å². The molecule has 0 bridgehead atoms. The maximum Gasteiger partial charge on any atom is 0.270 e. The predicted molar refractivity (Wildman–Crippen MR) is 124 cm³/mol. The molecule has 31 heavy (non-hydrogen) atoms. The van der Waals surface area contributed by atoms with Gasteiger partial charge in [0.2, 0.25) is 0 Å². The van der Waals surface area contributed by atoms with Crippen LogP contribution in [0, 0.1) is 0 Å². The van der Waals surface area contributed by atoms with Crippen molar-refractivity contribution >= 4 is 17.3 Å². The molecule has 0 saturated carbocycles. The number of ether oxygens (including phenoxy) is 1. The molecule has 0 aliphatic carbocycles. The Hall–Kier alpha value is -3.54. The fourth-order valence-electron chi connectivity index (χ4n) is 3.82. The highest BCUT2D eigenvalue weighted by atomic mass is 16.5. The number of nitrogens with zero attached hydrogens (tertiary/aromatic N) is 2. The minimum Gasteiger partial charge on any atom is -0.497 e. The Morgan fingerprint density at radius 3 is 2.52 bits per heavy atom. The minimum atomic E-state index is -0.165. The second-order valence-electron chi connectivity index (χ2n) is 7.70. The van der Waals surface area contributed by atoms with E-state index in [-0.39, 0.29) is 5.91 Å². The van der Waals surface area contributed by atoms with Gasteiger partial charge in [-0.15, -0.1) is 0 Å². The summed E-state index contributed by atoms with van der Waals surface area (Å²) >= 11 is 0. The van der Waals surface area contributed by atoms with E-state index >= 15 is 0 Å². The molecule has 6 heteroatoms. The molecule has 3 aromatic rings. The molecule has 2 N–H and O–H groups in total. The maximum absolute atomic E-state index is 12.5. The van der Waals surface area contributed by atoms with Crippen LogP contribution in [0.3, 0.4) is 0 Å². The summed E-state index contributed by atoms with van der Waals surface area (Å²) in [7, 11) is 1.68. The fourth-order valence-corrected chi connectivity index (χ4v) is 3.82. The number of piperidine rings is 1. The van der Waals surface area contributed by atoms with Crippen molar-refractivity contribution in [2.45, 2.75) is 25.4 Å². The van der Waals surface area contributed by atoms with Crippen molar-refractivity contribution in [3.8, 4) is 5.75 Å². The molecule has 1 aliphatic heterocycles. The Kier molecular flexibility index (Phi) is 6.67. The van der Waals surface area contributed by atoms with Crippen LogP contribution in [0.25, 0.3) is 0 Å². The van der Waals surface area contributed by atoms with Crippen molar-refractivity contribution in [2.75, 3.05) is 30.4 Å². The van der Waals surface area contributed by atoms with Crippen LogP contribution in [0.1, 0.15) is 28.9 Å². The minimum absolute atomic E-state index is 0.165. The summed E-state index contributed by atoms with van der Waals surface area (Å²) in [4.78, 5) is 19.1. The summed E-state index contributed by atoms with van der Waals surface area (Å²) < 4.78 is 5.24. The first-order chi connectivity index (χ1) is 15.2. The highest BCUT2D eigenvalue weighted by molar-refractivity contribution is 5.93. The quantitative estimate of drug-likeness (QED) is 0.607. The van der Waals surface area contributed by atoms with Gasteiger partial charge in [-0.3, -0.25) is 9.78 Å². The van der Waals surface area contributed by atoms with Gasteiger partial charge in [-0.05, 0) is 54.8 Å². The van der Waals surface area contributed by atoms with Crippen molar-refractivity contribution in [2.24, 2.45) is 0 Å². The third-order valence-electron chi connectivity index (χ3n) is 5.59. The van der Waals surface area contributed by atoms with Crippen LogP contribution in [0.15, 0.2) is 72.9 Å². The summed E-state index contributed by atoms with van der Waals surface area (Å²) in [6.45, 7) is 2.46. The monoisotopic (exact) mass is 416 g/mol. The largest absolute Gasteiger partial charge is 0.497 e. The van der Waals surface area contributed by atoms with Crippen LogP contribution in [0.2, 0.25) is 0 Å². The lowest BCUT2D eigenvalue weighted by molar-refractivity contribution is 0.0946. The van der Waals surface area contributed by atoms with Crippen molar-refractivity contribution < 1.29 is 9.53 Å². The smallest absolute Gasteiger partial charge is 0.270 e. The number of hydrogen-bond acceptors (Lipinski definition) is 5. The Bertz CT molecular complexity index is 984. The van der Waals surface area contributed by atoms with Gasteiger partial charge < -0.3 is 20.3 Å². The van der Waals surface area contributed by atoms with E-state index in [9.17, 15) is 4.79 Å². The number of hydrogen-bond donors (Lipinski definition) is 2. The van der Waals surface area contributed by atoms with E-state index in [0.717, 1.165) is 42.9 Å². The first kappa shape index (κ1) is 20.7. The van der Waals surface area contributed by atoms with Gasteiger partial charge in [0.05, 0.1) is 7.11 Å². The summed E-state index contributed by atoms with van der Waals surface area (Å²) in [5.41, 5.74) is 3.65. The van der Waals surface area contributed by atoms with E-state index in [0.29, 0.717) is 18.3 Å². The number of aromatic nitrogens is 1. The lowest BCUT2D eigenvalue weighted by atomic mass is 10.0. The van der Waals surface area contributed by atoms with Gasteiger partial charge in [0, 0.05) is 43.2 Å². The Labute approximate surface area is 183 Å². The molecule has 0 unspecified atom stereocenters. The molecule has 0 radical (unpaired) electrons. The Morgan fingerprint density at radius 2 is 1.81 bits per heavy atom. The third-order valence-corrected chi connectivity index (χ3v) is 5.59. The molecule has 1 fully saturated rings. The van der Waals surface area contributed by atoms with Crippen molar-refractivity contribution in [1.82, 2.24) is 10.3 Å². The van der Waals surface area contributed by atoms with Gasteiger partial charge in [-0.1, -0.05) is 30.3 Å². The van der Waals surface area contributed by atoms with Crippen molar-refractivity contribution in [3.05, 3.63) is 84.2 Å². The first-order valence-electron chi connectivity index (χ1n) is 10.6. The van der Waals surface area contributed by atoms with E-state index in [1.54, 1.807) is 13.3 Å². The van der Waals surface area contributed by atoms with Crippen LogP contribution in [-0.2, 0) is 6.54 Å². The van der Waals surface area contributed by atoms with E-state index in [4.69, 9.17) is 4.74 Å². The number of rotatable bonds is 7. The molecular formula is C25H28N4O2. The molecule has 0 atom stereocenters. The fraction of sp³-hybridized carbons (Fsp3) is 0.280. The topological polar surface area (TPSA) is 66.5 Å². The number of nitrogens with one attached hydrogen (secondary N) is 2. The Morgan fingerprint density at radius 1 is 1.06 bits per heavy atom. The SMILES string of the molecule is COc1ccc(N2CCC(Nc3ccnc(C(=O)NCc4ccccc4)c3)CC2)cc1. The zero-order valence-electron chi connectivity index (χ0n) is 17.8. The summed E-state index contributed by atoms with van der Waals surface area (Å²) in [5, 5.41) is 6.51. The van der Waals surface area contributed by atoms with E-state index in [2.05, 4.69) is 32.7 Å². The molecule has 6 nitrogen and oxygen atoms in total. The average Bonchev–Trinajstić information content (AvgIpc) is 2.84. The van der Waals surface area contributed by atoms with Crippen LogP contribution < -0.4 is 20.3 Å². The number of benzene rings is 2. The zero-order chi connectivity index (χ0) is 21.5. The lowest BCUT2D eigenvalue weighted by Crippen LogP contribution is -2.39. The van der Waals surface area contributed by atoms with Crippen LogP contribution >= 0.6 is 0 Å². The third kappa shape index (κ3) is 5.54. The summed E-state index contributed by atoms with van der Waals surface area (Å²) in [6.07, 6.45) is 3.75. The van der Waals surface area contributed by atoms with E-state index in [1.807, 2.05) is 54.6 Å². The normalized spacial score (nSPS) is 14.2. The molecule has 4 rings (SSSR count). The number of carbonyl (C=O) groups is 1. The zero-order valence-corrected chi connectivity index (χ0v) is 17.8. The predicted octanol–water partition coefficient (Wildman–Crippen LogP) is 4.10. The van der Waals surface area contributed by atoms with Gasteiger partial charge in [-0.2, -0.15) is 0 Å². The number of amides is 1. The average molecular weight is 417 g/mol. The molecule has 160 valence electrons. The Balaban J connectivity index is 1.29. The standard InChI is InChI=1S/C25H28N4O2/c1-31-23-9-7-22(8-10-23)29-15-12-20(13-16-29)28-21-11-14-26-24(17-21)25(30)27-18-19-5-3-2-4-6-19/h2-11,14,17,20H,12-13,15-16,18H2,1H3,(H,26,28)(H,27,30). The number of pyridine rings is 1. The molecule has 1 saturated heterocycles. The highest BCUT2D eigenvalue weighted by Crippen LogP contribution is 2.24. The van der Waals surface area contributed by atoms with Gasteiger partial charge in [-0.25, -0.2) is 0 Å². The molecule has 2 heterocycles. The molecule has 1 aliphatic rings. The van der Waals surface area contributed by atoms with Crippen molar-refractivity contribution in [3.63, 3.8) is 0 Å². The molecule has 1 amide bonds. The van der Waals surface area contributed by atoms with Crippen LogP contribution in [0.4, 0.5) is 11.4 Å². The second-order valence-corrected chi connectivity index (χ2v) is 7.70. The highest BCUT2D eigenvalue weighted by Gasteiger charge is 2.20. The van der Waals surface area contributed by atoms with Crippen LogP contribution in [-0.4, -0.2) is 37.1 Å². The molecule has 2 aromatic carbocycles. The first-order valence-corrected chi connectivity index (χ1v) is 10.6. The molecule has 0 spiro atoms. The summed E-state index contributed by atoms with van der Waals surface area (Å²) in [5.74, 6) is 0.712. The van der Waals surface area contributed by atoms with Gasteiger partial charge >= 0.3 is 0 Å². The lowest BCUT2D eigenvalue weighted by Gasteiger charge is -2.34. The van der Waals surface area contributed by atoms with E-state index in [1.165, 1.54) is 5.69 Å². The van der Waals surface area contributed by atoms with E-state index < -0.39 is 0 Å². The molecular weight excluding hydrogens is 388 g/mol. The van der Waals surface area contributed by atoms with Crippen LogP contribution in [0.5, 0.6) is 5.75 Å². The number of methoxy groups -OCH3 is 1. The molecule has 1 aromatic heterocycles.